The van der Waals surface area contributed by atoms with Crippen LogP contribution < -0.4 is 10.6 Å². The van der Waals surface area contributed by atoms with Crippen LogP contribution in [-0.2, 0) is 0 Å². The maximum absolute atomic E-state index is 5.71. The van der Waals surface area contributed by atoms with Crippen molar-refractivity contribution >= 4 is 16.7 Å². The van der Waals surface area contributed by atoms with Crippen molar-refractivity contribution in [1.82, 2.24) is 9.97 Å². The summed E-state index contributed by atoms with van der Waals surface area (Å²) < 4.78 is 5.44. The third-order valence-corrected chi connectivity index (χ3v) is 4.58. The van der Waals surface area contributed by atoms with E-state index in [1.165, 1.54) is 0 Å². The quantitative estimate of drug-likeness (QED) is 0.547. The topological polar surface area (TPSA) is 71.1 Å². The molecule has 2 aromatic carbocycles. The molecule has 0 spiro atoms. The monoisotopic (exact) mass is 346 g/mol. The number of furan rings is 1. The smallest absolute Gasteiger partial charge is 0.138 e. The Morgan fingerprint density at radius 2 is 1.88 bits per heavy atom. The number of rotatable bonds is 6. The van der Waals surface area contributed by atoms with Gasteiger partial charge in [0.25, 0.3) is 0 Å². The van der Waals surface area contributed by atoms with E-state index in [4.69, 9.17) is 15.1 Å². The van der Waals surface area contributed by atoms with E-state index in [0.29, 0.717) is 6.54 Å². The number of likely N-dealkylation sites (N-methyl/N-ethyl adjacent to an activating group) is 1. The van der Waals surface area contributed by atoms with Gasteiger partial charge in [-0.2, -0.15) is 0 Å². The molecule has 0 radical (unpaired) electrons. The third kappa shape index (κ3) is 3.09. The van der Waals surface area contributed by atoms with Gasteiger partial charge in [0.1, 0.15) is 11.6 Å². The summed E-state index contributed by atoms with van der Waals surface area (Å²) in [5.41, 5.74) is 11.0. The summed E-state index contributed by atoms with van der Waals surface area (Å²) in [5, 5.41) is 0. The van der Waals surface area contributed by atoms with Crippen molar-refractivity contribution in [1.29, 1.82) is 0 Å². The maximum atomic E-state index is 5.71. The van der Waals surface area contributed by atoms with E-state index in [0.717, 1.165) is 52.5 Å². The van der Waals surface area contributed by atoms with E-state index in [1.54, 1.807) is 6.26 Å². The fourth-order valence-electron chi connectivity index (χ4n) is 3.19. The Kier molecular flexibility index (Phi) is 4.46. The lowest BCUT2D eigenvalue weighted by atomic mass is 10.1. The van der Waals surface area contributed by atoms with Crippen LogP contribution in [0.2, 0.25) is 0 Å². The molecule has 26 heavy (non-hydrogen) atoms. The second-order valence-electron chi connectivity index (χ2n) is 6.21. The Hall–Kier alpha value is -3.05. The van der Waals surface area contributed by atoms with E-state index >= 15 is 0 Å². The van der Waals surface area contributed by atoms with Crippen molar-refractivity contribution in [2.75, 3.05) is 24.5 Å². The molecule has 2 aromatic heterocycles. The van der Waals surface area contributed by atoms with Crippen molar-refractivity contribution in [2.45, 2.75) is 6.92 Å². The lowest BCUT2D eigenvalue weighted by molar-refractivity contribution is 0.582. The highest BCUT2D eigenvalue weighted by Gasteiger charge is 2.09. The van der Waals surface area contributed by atoms with Crippen LogP contribution in [0, 0.1) is 0 Å². The van der Waals surface area contributed by atoms with Crippen LogP contribution >= 0.6 is 0 Å². The van der Waals surface area contributed by atoms with Crippen LogP contribution in [0.25, 0.3) is 33.7 Å². The number of imidazole rings is 1. The van der Waals surface area contributed by atoms with E-state index < -0.39 is 0 Å². The molecule has 5 nitrogen and oxygen atoms in total. The maximum Gasteiger partial charge on any atom is 0.138 e. The van der Waals surface area contributed by atoms with Gasteiger partial charge in [-0.15, -0.1) is 0 Å². The Labute approximate surface area is 152 Å². The number of aromatic nitrogens is 2. The highest BCUT2D eigenvalue weighted by molar-refractivity contribution is 5.83. The Morgan fingerprint density at radius 3 is 2.58 bits per heavy atom. The zero-order chi connectivity index (χ0) is 17.9. The number of aromatic amines is 1. The van der Waals surface area contributed by atoms with Crippen LogP contribution in [0.5, 0.6) is 0 Å². The number of nitrogens with two attached hydrogens (primary N) is 1. The normalized spacial score (nSPS) is 11.2. The van der Waals surface area contributed by atoms with Gasteiger partial charge in [-0.3, -0.25) is 0 Å². The Morgan fingerprint density at radius 1 is 1.08 bits per heavy atom. The van der Waals surface area contributed by atoms with Gasteiger partial charge in [0.2, 0.25) is 0 Å². The summed E-state index contributed by atoms with van der Waals surface area (Å²) in [6.45, 7) is 4.55. The number of H-pyrrole nitrogens is 1. The molecule has 2 heterocycles. The van der Waals surface area contributed by atoms with Gasteiger partial charge in [0.05, 0.1) is 17.3 Å². The first-order valence-corrected chi connectivity index (χ1v) is 8.87. The van der Waals surface area contributed by atoms with Gasteiger partial charge in [0.15, 0.2) is 0 Å². The number of fused-ring (bicyclic) bond motifs is 1. The van der Waals surface area contributed by atoms with E-state index in [1.807, 2.05) is 24.3 Å². The summed E-state index contributed by atoms with van der Waals surface area (Å²) in [6.07, 6.45) is 1.68. The largest absolute Gasteiger partial charge is 0.464 e. The average molecular weight is 346 g/mol. The fraction of sp³-hybridized carbons (Fsp3) is 0.190. The molecular formula is C21H22N4O. The van der Waals surface area contributed by atoms with Crippen molar-refractivity contribution in [2.24, 2.45) is 5.73 Å². The zero-order valence-electron chi connectivity index (χ0n) is 14.8. The molecule has 3 N–H and O–H groups in total. The van der Waals surface area contributed by atoms with Crippen LogP contribution in [-0.4, -0.2) is 29.6 Å². The lowest BCUT2D eigenvalue weighted by Crippen LogP contribution is -2.28. The number of hydrogen-bond acceptors (Lipinski definition) is 4. The van der Waals surface area contributed by atoms with Gasteiger partial charge < -0.3 is 20.0 Å². The van der Waals surface area contributed by atoms with E-state index in [2.05, 4.69) is 47.1 Å². The number of nitrogens with zero attached hydrogens (tertiary/aromatic N) is 2. The highest BCUT2D eigenvalue weighted by Crippen LogP contribution is 2.27. The van der Waals surface area contributed by atoms with Gasteiger partial charge in [-0.1, -0.05) is 24.3 Å². The van der Waals surface area contributed by atoms with Crippen LogP contribution in [0.15, 0.2) is 65.3 Å². The molecule has 0 aliphatic rings. The molecule has 0 aliphatic carbocycles. The standard InChI is InChI=1S/C21H22N4O/c1-2-25(12-11-22)17-9-10-18-19(14-17)24-21(23-18)16-7-5-15(6-8-16)20-4-3-13-26-20/h3-10,13-14H,2,11-12,22H2,1H3,(H,23,24). The van der Waals surface area contributed by atoms with E-state index in [9.17, 15) is 0 Å². The average Bonchev–Trinajstić information content (AvgIpc) is 3.35. The molecule has 0 aliphatic heterocycles. The molecule has 0 bridgehead atoms. The molecule has 0 atom stereocenters. The van der Waals surface area contributed by atoms with Crippen LogP contribution in [0.3, 0.4) is 0 Å². The molecule has 0 amide bonds. The Balaban J connectivity index is 1.64. The molecule has 0 fully saturated rings. The summed E-state index contributed by atoms with van der Waals surface area (Å²) >= 11 is 0. The second kappa shape index (κ2) is 7.06. The summed E-state index contributed by atoms with van der Waals surface area (Å²) in [4.78, 5) is 10.4. The molecule has 0 unspecified atom stereocenters. The number of nitrogens with one attached hydrogen (secondary N) is 1. The summed E-state index contributed by atoms with van der Waals surface area (Å²) in [6, 6.07) is 18.4. The third-order valence-electron chi connectivity index (χ3n) is 4.58. The predicted octanol–water partition coefficient (Wildman–Crippen LogP) is 4.27. The SMILES string of the molecule is CCN(CCN)c1ccc2nc(-c3ccc(-c4ccco4)cc3)[nH]c2c1. The molecular weight excluding hydrogens is 324 g/mol. The molecule has 132 valence electrons. The number of benzene rings is 2. The second-order valence-corrected chi connectivity index (χ2v) is 6.21. The minimum absolute atomic E-state index is 0.641. The summed E-state index contributed by atoms with van der Waals surface area (Å²) in [7, 11) is 0. The molecule has 5 heteroatoms. The zero-order valence-corrected chi connectivity index (χ0v) is 14.8. The first-order valence-electron chi connectivity index (χ1n) is 8.87. The van der Waals surface area contributed by atoms with Gasteiger partial charge in [-0.05, 0) is 37.3 Å². The fourth-order valence-corrected chi connectivity index (χ4v) is 3.19. The molecule has 4 aromatic rings. The van der Waals surface area contributed by atoms with Crippen molar-refractivity contribution in [3.05, 3.63) is 60.9 Å². The van der Waals surface area contributed by atoms with Crippen molar-refractivity contribution < 1.29 is 4.42 Å². The number of hydrogen-bond donors (Lipinski definition) is 2. The number of anilines is 1. The van der Waals surface area contributed by atoms with Gasteiger partial charge in [0, 0.05) is 36.4 Å². The first kappa shape index (κ1) is 16.4. The predicted molar refractivity (Wildman–Crippen MR) is 106 cm³/mol. The first-order chi connectivity index (χ1) is 12.8. The van der Waals surface area contributed by atoms with Crippen molar-refractivity contribution in [3.63, 3.8) is 0 Å². The minimum Gasteiger partial charge on any atom is -0.464 e. The minimum atomic E-state index is 0.641. The van der Waals surface area contributed by atoms with Crippen LogP contribution in [0.1, 0.15) is 6.92 Å². The van der Waals surface area contributed by atoms with E-state index in [-0.39, 0.29) is 0 Å². The van der Waals surface area contributed by atoms with Gasteiger partial charge >= 0.3 is 0 Å². The molecule has 4 rings (SSSR count). The molecule has 0 saturated carbocycles. The van der Waals surface area contributed by atoms with Crippen molar-refractivity contribution in [3.8, 4) is 22.7 Å². The lowest BCUT2D eigenvalue weighted by Gasteiger charge is -2.22. The van der Waals surface area contributed by atoms with Crippen LogP contribution in [0.4, 0.5) is 5.69 Å². The highest BCUT2D eigenvalue weighted by atomic mass is 16.3. The summed E-state index contributed by atoms with van der Waals surface area (Å²) in [5.74, 6) is 1.73. The Bertz CT molecular complexity index is 987. The van der Waals surface area contributed by atoms with Gasteiger partial charge in [-0.25, -0.2) is 4.98 Å². The molecule has 0 saturated heterocycles.